The van der Waals surface area contributed by atoms with E-state index in [-0.39, 0.29) is 5.82 Å². The van der Waals surface area contributed by atoms with E-state index in [4.69, 9.17) is 4.74 Å². The van der Waals surface area contributed by atoms with E-state index in [1.807, 2.05) is 6.07 Å². The lowest BCUT2D eigenvalue weighted by Crippen LogP contribution is -2.33. The van der Waals surface area contributed by atoms with Crippen molar-refractivity contribution >= 4 is 31.9 Å². The second-order valence-corrected chi connectivity index (χ2v) is 6.35. The Kier molecular flexibility index (Phi) is 8.14. The zero-order valence-corrected chi connectivity index (χ0v) is 14.5. The molecule has 0 aliphatic rings. The maximum atomic E-state index is 13.4. The van der Waals surface area contributed by atoms with E-state index in [1.165, 1.54) is 6.07 Å². The van der Waals surface area contributed by atoms with Gasteiger partial charge in [-0.3, -0.25) is 4.90 Å². The minimum absolute atomic E-state index is 0.205. The number of halogens is 3. The summed E-state index contributed by atoms with van der Waals surface area (Å²) in [6, 6.07) is 5.41. The van der Waals surface area contributed by atoms with Crippen LogP contribution < -0.4 is 0 Å². The molecule has 2 nitrogen and oxygen atoms in total. The van der Waals surface area contributed by atoms with E-state index in [0.717, 1.165) is 35.1 Å². The lowest BCUT2D eigenvalue weighted by molar-refractivity contribution is 0.0991. The van der Waals surface area contributed by atoms with Crippen molar-refractivity contribution in [1.82, 2.24) is 4.90 Å². The second kappa shape index (κ2) is 9.06. The van der Waals surface area contributed by atoms with Gasteiger partial charge in [-0.25, -0.2) is 4.39 Å². The molecule has 0 unspecified atom stereocenters. The van der Waals surface area contributed by atoms with Crippen molar-refractivity contribution in [3.63, 3.8) is 0 Å². The Hall–Kier alpha value is 0.0300. The van der Waals surface area contributed by atoms with E-state index in [2.05, 4.69) is 50.6 Å². The van der Waals surface area contributed by atoms with Crippen LogP contribution in [0.2, 0.25) is 0 Å². The molecule has 0 aliphatic heterocycles. The largest absolute Gasteiger partial charge is 0.379 e. The van der Waals surface area contributed by atoms with Crippen LogP contribution in [0.25, 0.3) is 0 Å². The van der Waals surface area contributed by atoms with E-state index in [1.54, 1.807) is 6.07 Å². The summed E-state index contributed by atoms with van der Waals surface area (Å²) in [5.74, 6) is -0.205. The fourth-order valence-electron chi connectivity index (χ4n) is 1.79. The number of benzene rings is 1. The molecule has 0 bridgehead atoms. The molecule has 0 aromatic heterocycles. The van der Waals surface area contributed by atoms with E-state index >= 15 is 0 Å². The summed E-state index contributed by atoms with van der Waals surface area (Å²) in [4.78, 5) is 2.27. The molecule has 0 amide bonds. The third kappa shape index (κ3) is 6.84. The Labute approximate surface area is 131 Å². The molecular formula is C14H20Br2FNO. The predicted octanol–water partition coefficient (Wildman–Crippen LogP) is 4.21. The first-order valence-corrected chi connectivity index (χ1v) is 8.27. The van der Waals surface area contributed by atoms with Gasteiger partial charge in [0.25, 0.3) is 0 Å². The number of rotatable bonds is 8. The van der Waals surface area contributed by atoms with Crippen LogP contribution >= 0.6 is 31.9 Å². The molecule has 0 atom stereocenters. The minimum Gasteiger partial charge on any atom is -0.379 e. The predicted molar refractivity (Wildman–Crippen MR) is 84.3 cm³/mol. The molecule has 1 aromatic carbocycles. The SMILES string of the molecule is CC(C)N(CCOCCBr)Cc1cc(F)cc(Br)c1. The van der Waals surface area contributed by atoms with Crippen molar-refractivity contribution in [3.8, 4) is 0 Å². The average Bonchev–Trinajstić information content (AvgIpc) is 2.31. The molecule has 5 heteroatoms. The van der Waals surface area contributed by atoms with Gasteiger partial charge in [0, 0.05) is 28.9 Å². The number of ether oxygens (including phenoxy) is 1. The minimum atomic E-state index is -0.205. The van der Waals surface area contributed by atoms with Crippen molar-refractivity contribution in [3.05, 3.63) is 34.1 Å². The Morgan fingerprint density at radius 3 is 2.58 bits per heavy atom. The third-order valence-corrected chi connectivity index (χ3v) is 3.56. The fourth-order valence-corrected chi connectivity index (χ4v) is 2.54. The zero-order valence-electron chi connectivity index (χ0n) is 11.3. The Morgan fingerprint density at radius 1 is 1.26 bits per heavy atom. The van der Waals surface area contributed by atoms with Gasteiger partial charge in [0.2, 0.25) is 0 Å². The maximum Gasteiger partial charge on any atom is 0.124 e. The molecule has 0 saturated carbocycles. The van der Waals surface area contributed by atoms with Crippen LogP contribution in [0.15, 0.2) is 22.7 Å². The fraction of sp³-hybridized carbons (Fsp3) is 0.571. The molecule has 0 radical (unpaired) electrons. The second-order valence-electron chi connectivity index (χ2n) is 4.64. The normalized spacial score (nSPS) is 11.5. The van der Waals surface area contributed by atoms with Gasteiger partial charge in [-0.2, -0.15) is 0 Å². The van der Waals surface area contributed by atoms with Gasteiger partial charge in [0.15, 0.2) is 0 Å². The summed E-state index contributed by atoms with van der Waals surface area (Å²) in [6.07, 6.45) is 0. The lowest BCUT2D eigenvalue weighted by Gasteiger charge is -2.26. The molecule has 0 saturated heterocycles. The van der Waals surface area contributed by atoms with Crippen LogP contribution in [-0.2, 0) is 11.3 Å². The first-order valence-electron chi connectivity index (χ1n) is 6.35. The van der Waals surface area contributed by atoms with Crippen molar-refractivity contribution in [2.75, 3.05) is 25.1 Å². The highest BCUT2D eigenvalue weighted by Crippen LogP contribution is 2.17. The molecule has 0 aliphatic carbocycles. The van der Waals surface area contributed by atoms with Crippen LogP contribution in [0.5, 0.6) is 0 Å². The highest BCUT2D eigenvalue weighted by molar-refractivity contribution is 9.10. The van der Waals surface area contributed by atoms with Crippen LogP contribution in [0.3, 0.4) is 0 Å². The van der Waals surface area contributed by atoms with Crippen molar-refractivity contribution in [1.29, 1.82) is 0 Å². The quantitative estimate of drug-likeness (QED) is 0.482. The molecule has 0 heterocycles. The van der Waals surface area contributed by atoms with E-state index in [0.29, 0.717) is 12.6 Å². The van der Waals surface area contributed by atoms with Crippen LogP contribution in [0.1, 0.15) is 19.4 Å². The first-order chi connectivity index (χ1) is 9.02. The zero-order chi connectivity index (χ0) is 14.3. The number of hydrogen-bond acceptors (Lipinski definition) is 2. The van der Waals surface area contributed by atoms with E-state index < -0.39 is 0 Å². The summed E-state index contributed by atoms with van der Waals surface area (Å²) in [5, 5.41) is 0.853. The number of nitrogens with zero attached hydrogens (tertiary/aromatic N) is 1. The van der Waals surface area contributed by atoms with Gasteiger partial charge in [-0.1, -0.05) is 31.9 Å². The molecule has 0 fully saturated rings. The molecule has 19 heavy (non-hydrogen) atoms. The Morgan fingerprint density at radius 2 is 2.00 bits per heavy atom. The highest BCUT2D eigenvalue weighted by Gasteiger charge is 2.11. The summed E-state index contributed by atoms with van der Waals surface area (Å²) in [7, 11) is 0. The molecule has 1 rings (SSSR count). The average molecular weight is 397 g/mol. The van der Waals surface area contributed by atoms with Gasteiger partial charge in [-0.15, -0.1) is 0 Å². The number of hydrogen-bond donors (Lipinski definition) is 0. The standard InChI is InChI=1S/C14H20Br2FNO/c1-11(2)18(4-6-19-5-3-15)10-12-7-13(16)9-14(17)8-12/h7-9,11H,3-6,10H2,1-2H3. The maximum absolute atomic E-state index is 13.4. The Bertz CT molecular complexity index is 367. The summed E-state index contributed by atoms with van der Waals surface area (Å²) in [5.41, 5.74) is 0.973. The Balaban J connectivity index is 2.57. The van der Waals surface area contributed by atoms with Gasteiger partial charge in [0.05, 0.1) is 13.2 Å². The van der Waals surface area contributed by atoms with Gasteiger partial charge in [-0.05, 0) is 37.6 Å². The lowest BCUT2D eigenvalue weighted by atomic mass is 10.2. The van der Waals surface area contributed by atoms with Crippen LogP contribution in [-0.4, -0.2) is 36.0 Å². The van der Waals surface area contributed by atoms with Gasteiger partial charge < -0.3 is 4.74 Å². The molecular weight excluding hydrogens is 377 g/mol. The summed E-state index contributed by atoms with van der Waals surface area (Å²) in [6.45, 7) is 7.26. The van der Waals surface area contributed by atoms with Crippen molar-refractivity contribution in [2.24, 2.45) is 0 Å². The summed E-state index contributed by atoms with van der Waals surface area (Å²) < 4.78 is 19.6. The molecule has 0 N–H and O–H groups in total. The summed E-state index contributed by atoms with van der Waals surface area (Å²) >= 11 is 6.65. The monoisotopic (exact) mass is 395 g/mol. The molecule has 1 aromatic rings. The highest BCUT2D eigenvalue weighted by atomic mass is 79.9. The third-order valence-electron chi connectivity index (χ3n) is 2.78. The smallest absolute Gasteiger partial charge is 0.124 e. The number of alkyl halides is 1. The molecule has 0 spiro atoms. The van der Waals surface area contributed by atoms with Gasteiger partial charge in [0.1, 0.15) is 5.82 Å². The van der Waals surface area contributed by atoms with E-state index in [9.17, 15) is 4.39 Å². The topological polar surface area (TPSA) is 12.5 Å². The van der Waals surface area contributed by atoms with Crippen LogP contribution in [0.4, 0.5) is 4.39 Å². The van der Waals surface area contributed by atoms with Crippen LogP contribution in [0, 0.1) is 5.82 Å². The molecule has 108 valence electrons. The van der Waals surface area contributed by atoms with Crippen molar-refractivity contribution in [2.45, 2.75) is 26.4 Å². The van der Waals surface area contributed by atoms with Gasteiger partial charge >= 0.3 is 0 Å². The first kappa shape index (κ1) is 17.1. The van der Waals surface area contributed by atoms with Crippen molar-refractivity contribution < 1.29 is 9.13 Å².